The van der Waals surface area contributed by atoms with Crippen molar-refractivity contribution >= 4 is 11.6 Å². The summed E-state index contributed by atoms with van der Waals surface area (Å²) in [7, 11) is 0. The zero-order chi connectivity index (χ0) is 13.5. The number of nitrogens with one attached hydrogen (secondary N) is 2. The van der Waals surface area contributed by atoms with Crippen molar-refractivity contribution in [1.82, 2.24) is 15.1 Å². The Bertz CT molecular complexity index is 522. The molecule has 0 bridgehead atoms. The fourth-order valence-electron chi connectivity index (χ4n) is 1.77. The summed E-state index contributed by atoms with van der Waals surface area (Å²) in [5, 5.41) is 10.1. The molecule has 0 atom stereocenters. The average Bonchev–Trinajstić information content (AvgIpc) is 2.89. The van der Waals surface area contributed by atoms with E-state index in [9.17, 15) is 4.79 Å². The molecule has 1 amide bonds. The first-order chi connectivity index (χ1) is 9.28. The molecular formula is C14H18N4O. The predicted molar refractivity (Wildman–Crippen MR) is 74.7 cm³/mol. The topological polar surface area (TPSA) is 58.9 Å². The molecule has 0 unspecified atom stereocenters. The van der Waals surface area contributed by atoms with Gasteiger partial charge in [0.25, 0.3) is 0 Å². The van der Waals surface area contributed by atoms with E-state index >= 15 is 0 Å². The zero-order valence-electron chi connectivity index (χ0n) is 11.0. The number of anilines is 1. The minimum absolute atomic E-state index is 0.0794. The van der Waals surface area contributed by atoms with Crippen LogP contribution in [0.2, 0.25) is 0 Å². The van der Waals surface area contributed by atoms with Gasteiger partial charge in [-0.15, -0.1) is 0 Å². The lowest BCUT2D eigenvalue weighted by Crippen LogP contribution is -2.19. The summed E-state index contributed by atoms with van der Waals surface area (Å²) in [4.78, 5) is 11.8. The van der Waals surface area contributed by atoms with Crippen LogP contribution in [-0.2, 0) is 17.9 Å². The van der Waals surface area contributed by atoms with Crippen molar-refractivity contribution in [3.05, 3.63) is 48.3 Å². The van der Waals surface area contributed by atoms with Gasteiger partial charge in [0.2, 0.25) is 5.91 Å². The summed E-state index contributed by atoms with van der Waals surface area (Å²) in [6, 6.07) is 9.63. The molecule has 2 N–H and O–H groups in total. The largest absolute Gasteiger partial charge is 0.324 e. The normalized spacial score (nSPS) is 10.4. The summed E-state index contributed by atoms with van der Waals surface area (Å²) >= 11 is 0. The van der Waals surface area contributed by atoms with Crippen molar-refractivity contribution in [1.29, 1.82) is 0 Å². The summed E-state index contributed by atoms with van der Waals surface area (Å²) < 4.78 is 1.60. The lowest BCUT2D eigenvalue weighted by atomic mass is 10.2. The maximum absolute atomic E-state index is 11.8. The summed E-state index contributed by atoms with van der Waals surface area (Å²) in [5.41, 5.74) is 1.96. The minimum atomic E-state index is -0.0794. The van der Waals surface area contributed by atoms with E-state index in [0.717, 1.165) is 24.3 Å². The molecule has 0 fully saturated rings. The number of hydrogen-bond acceptors (Lipinski definition) is 3. The molecule has 0 saturated carbocycles. The van der Waals surface area contributed by atoms with E-state index in [4.69, 9.17) is 0 Å². The SMILES string of the molecule is CCNCc1cccc(NC(=O)Cn2cccn2)c1. The van der Waals surface area contributed by atoms with Crippen LogP contribution in [0.5, 0.6) is 0 Å². The average molecular weight is 258 g/mol. The number of aromatic nitrogens is 2. The highest BCUT2D eigenvalue weighted by atomic mass is 16.2. The second kappa shape index (κ2) is 6.70. The molecule has 2 rings (SSSR count). The number of benzene rings is 1. The van der Waals surface area contributed by atoms with Crippen LogP contribution in [0.15, 0.2) is 42.7 Å². The Morgan fingerprint density at radius 3 is 3.00 bits per heavy atom. The van der Waals surface area contributed by atoms with E-state index in [1.807, 2.05) is 24.3 Å². The van der Waals surface area contributed by atoms with Crippen molar-refractivity contribution in [2.45, 2.75) is 20.0 Å². The molecule has 0 aliphatic carbocycles. The number of nitrogens with zero attached hydrogens (tertiary/aromatic N) is 2. The van der Waals surface area contributed by atoms with Gasteiger partial charge in [-0.05, 0) is 30.3 Å². The molecular weight excluding hydrogens is 240 g/mol. The third kappa shape index (κ3) is 4.22. The first-order valence-electron chi connectivity index (χ1n) is 6.35. The number of rotatable bonds is 6. The second-order valence-electron chi connectivity index (χ2n) is 4.23. The maximum Gasteiger partial charge on any atom is 0.246 e. The van der Waals surface area contributed by atoms with Crippen molar-refractivity contribution in [2.24, 2.45) is 0 Å². The van der Waals surface area contributed by atoms with Crippen molar-refractivity contribution in [3.8, 4) is 0 Å². The van der Waals surface area contributed by atoms with Gasteiger partial charge in [0.15, 0.2) is 0 Å². The molecule has 19 heavy (non-hydrogen) atoms. The molecule has 0 aliphatic heterocycles. The number of carbonyl (C=O) groups excluding carboxylic acids is 1. The standard InChI is InChI=1S/C14H18N4O/c1-2-15-10-12-5-3-6-13(9-12)17-14(19)11-18-8-4-7-16-18/h3-9,15H,2,10-11H2,1H3,(H,17,19). The van der Waals surface area contributed by atoms with Crippen LogP contribution in [-0.4, -0.2) is 22.2 Å². The van der Waals surface area contributed by atoms with Crippen molar-refractivity contribution in [2.75, 3.05) is 11.9 Å². The van der Waals surface area contributed by atoms with E-state index in [1.54, 1.807) is 23.1 Å². The van der Waals surface area contributed by atoms with Gasteiger partial charge in [0.1, 0.15) is 6.54 Å². The molecule has 0 aliphatic rings. The lowest BCUT2D eigenvalue weighted by Gasteiger charge is -2.08. The van der Waals surface area contributed by atoms with E-state index in [2.05, 4.69) is 22.7 Å². The Morgan fingerprint density at radius 2 is 2.26 bits per heavy atom. The fourth-order valence-corrected chi connectivity index (χ4v) is 1.77. The molecule has 1 heterocycles. The van der Waals surface area contributed by atoms with Crippen LogP contribution in [0.25, 0.3) is 0 Å². The van der Waals surface area contributed by atoms with Gasteiger partial charge in [-0.1, -0.05) is 19.1 Å². The predicted octanol–water partition coefficient (Wildman–Crippen LogP) is 1.63. The third-order valence-corrected chi connectivity index (χ3v) is 2.65. The van der Waals surface area contributed by atoms with E-state index in [0.29, 0.717) is 0 Å². The van der Waals surface area contributed by atoms with Crippen LogP contribution < -0.4 is 10.6 Å². The fraction of sp³-hybridized carbons (Fsp3) is 0.286. The van der Waals surface area contributed by atoms with Crippen LogP contribution in [0.4, 0.5) is 5.69 Å². The van der Waals surface area contributed by atoms with Gasteiger partial charge >= 0.3 is 0 Å². The quantitative estimate of drug-likeness (QED) is 0.828. The minimum Gasteiger partial charge on any atom is -0.324 e. The lowest BCUT2D eigenvalue weighted by molar-refractivity contribution is -0.116. The second-order valence-corrected chi connectivity index (χ2v) is 4.23. The number of hydrogen-bond donors (Lipinski definition) is 2. The molecule has 1 aromatic heterocycles. The highest BCUT2D eigenvalue weighted by Crippen LogP contribution is 2.10. The van der Waals surface area contributed by atoms with Gasteiger partial charge in [0.05, 0.1) is 0 Å². The van der Waals surface area contributed by atoms with Gasteiger partial charge in [-0.2, -0.15) is 5.10 Å². The summed E-state index contributed by atoms with van der Waals surface area (Å²) in [5.74, 6) is -0.0794. The van der Waals surface area contributed by atoms with Crippen molar-refractivity contribution < 1.29 is 4.79 Å². The smallest absolute Gasteiger partial charge is 0.246 e. The molecule has 1 aromatic carbocycles. The Labute approximate surface area is 112 Å². The van der Waals surface area contributed by atoms with Crippen LogP contribution in [0, 0.1) is 0 Å². The summed E-state index contributed by atoms with van der Waals surface area (Å²) in [6.07, 6.45) is 3.42. The van der Waals surface area contributed by atoms with Crippen LogP contribution in [0.3, 0.4) is 0 Å². The highest BCUT2D eigenvalue weighted by Gasteiger charge is 2.04. The Morgan fingerprint density at radius 1 is 1.37 bits per heavy atom. The monoisotopic (exact) mass is 258 g/mol. The van der Waals surface area contributed by atoms with Crippen LogP contribution in [0.1, 0.15) is 12.5 Å². The number of carbonyl (C=O) groups is 1. The first kappa shape index (κ1) is 13.3. The zero-order valence-corrected chi connectivity index (χ0v) is 11.0. The molecule has 5 nitrogen and oxygen atoms in total. The molecule has 2 aromatic rings. The molecule has 0 saturated heterocycles. The van der Waals surface area contributed by atoms with E-state index < -0.39 is 0 Å². The maximum atomic E-state index is 11.8. The molecule has 0 radical (unpaired) electrons. The summed E-state index contributed by atoms with van der Waals surface area (Å²) in [6.45, 7) is 4.02. The van der Waals surface area contributed by atoms with Gasteiger partial charge in [0, 0.05) is 24.6 Å². The Kier molecular flexibility index (Phi) is 4.69. The van der Waals surface area contributed by atoms with Gasteiger partial charge in [-0.25, -0.2) is 0 Å². The van der Waals surface area contributed by atoms with Gasteiger partial charge in [-0.3, -0.25) is 9.48 Å². The highest BCUT2D eigenvalue weighted by molar-refractivity contribution is 5.90. The molecule has 5 heteroatoms. The first-order valence-corrected chi connectivity index (χ1v) is 6.35. The van der Waals surface area contributed by atoms with Crippen LogP contribution >= 0.6 is 0 Å². The van der Waals surface area contributed by atoms with E-state index in [1.165, 1.54) is 0 Å². The van der Waals surface area contributed by atoms with E-state index in [-0.39, 0.29) is 12.5 Å². The Hall–Kier alpha value is -2.14. The Balaban J connectivity index is 1.92. The number of amides is 1. The molecule has 0 spiro atoms. The van der Waals surface area contributed by atoms with Crippen molar-refractivity contribution in [3.63, 3.8) is 0 Å². The third-order valence-electron chi connectivity index (χ3n) is 2.65. The van der Waals surface area contributed by atoms with Gasteiger partial charge < -0.3 is 10.6 Å². The molecule has 100 valence electrons.